The maximum Gasteiger partial charge on any atom is 0.306 e. The Morgan fingerprint density at radius 3 is 0.720 bits per heavy atom. The fraction of sp³-hybridized carbons (Fsp3) is 0.776. The van der Waals surface area contributed by atoms with Gasteiger partial charge in [-0.15, -0.1) is 0 Å². The number of unbranched alkanes of at least 4 members (excludes halogenated alkanes) is 40. The van der Waals surface area contributed by atoms with Crippen molar-refractivity contribution < 1.29 is 28.6 Å². The van der Waals surface area contributed by atoms with E-state index in [1.165, 1.54) is 218 Å². The van der Waals surface area contributed by atoms with E-state index < -0.39 is 6.10 Å². The SMILES string of the molecule is CCCCC/C=C\C/C=C\CCCCCCCCCC(=O)OC(COC(=O)CCCCCCC/C=C\C/C=C\CCCCCC)COC(=O)CCCCCCCCCCCCCCCCCC/C=C\C/C=C\C/C=C\CCCCCCC. The highest BCUT2D eigenvalue weighted by Gasteiger charge is 2.19. The maximum absolute atomic E-state index is 12.9. The molecule has 82 heavy (non-hydrogen) atoms. The lowest BCUT2D eigenvalue weighted by Crippen LogP contribution is -2.30. The Balaban J connectivity index is 4.25. The van der Waals surface area contributed by atoms with Gasteiger partial charge < -0.3 is 14.2 Å². The number of carbonyl (C=O) groups is 3. The Bertz CT molecular complexity index is 1550. The number of carbonyl (C=O) groups excluding carboxylic acids is 3. The second kappa shape index (κ2) is 70.1. The van der Waals surface area contributed by atoms with Gasteiger partial charge in [-0.2, -0.15) is 0 Å². The lowest BCUT2D eigenvalue weighted by atomic mass is 10.0. The summed E-state index contributed by atoms with van der Waals surface area (Å²) >= 11 is 0. The summed E-state index contributed by atoms with van der Waals surface area (Å²) in [5.74, 6) is -0.887. The molecule has 1 unspecified atom stereocenters. The molecule has 0 aliphatic heterocycles. The van der Waals surface area contributed by atoms with Crippen LogP contribution in [0.3, 0.4) is 0 Å². The van der Waals surface area contributed by atoms with Gasteiger partial charge in [0.15, 0.2) is 6.10 Å². The molecule has 0 aromatic carbocycles. The zero-order valence-electron chi connectivity index (χ0n) is 54.5. The number of hydrogen-bond acceptors (Lipinski definition) is 6. The van der Waals surface area contributed by atoms with Crippen molar-refractivity contribution in [2.24, 2.45) is 0 Å². The summed E-state index contributed by atoms with van der Waals surface area (Å²) in [6, 6.07) is 0. The molecular weight excluding hydrogens is 1010 g/mol. The highest BCUT2D eigenvalue weighted by Crippen LogP contribution is 2.17. The number of allylic oxidation sites excluding steroid dienone is 14. The maximum atomic E-state index is 12.9. The summed E-state index contributed by atoms with van der Waals surface area (Å²) in [7, 11) is 0. The molecule has 6 heteroatoms. The largest absolute Gasteiger partial charge is 0.462 e. The third-order valence-corrected chi connectivity index (χ3v) is 15.6. The molecule has 0 fully saturated rings. The number of hydrogen-bond donors (Lipinski definition) is 0. The Morgan fingerprint density at radius 1 is 0.244 bits per heavy atom. The fourth-order valence-corrected chi connectivity index (χ4v) is 10.2. The topological polar surface area (TPSA) is 78.9 Å². The monoisotopic (exact) mass is 1140 g/mol. The van der Waals surface area contributed by atoms with Crippen LogP contribution in [0.25, 0.3) is 0 Å². The molecule has 0 radical (unpaired) electrons. The van der Waals surface area contributed by atoms with Gasteiger partial charge in [-0.3, -0.25) is 14.4 Å². The van der Waals surface area contributed by atoms with E-state index in [0.717, 1.165) is 103 Å². The minimum absolute atomic E-state index is 0.0820. The summed E-state index contributed by atoms with van der Waals surface area (Å²) in [4.78, 5) is 38.4. The van der Waals surface area contributed by atoms with E-state index in [0.29, 0.717) is 19.3 Å². The smallest absolute Gasteiger partial charge is 0.306 e. The van der Waals surface area contributed by atoms with E-state index in [-0.39, 0.29) is 31.1 Å². The van der Waals surface area contributed by atoms with Crippen LogP contribution >= 0.6 is 0 Å². The van der Waals surface area contributed by atoms with Crippen LogP contribution in [-0.2, 0) is 28.6 Å². The Labute approximate surface area is 509 Å². The molecule has 0 spiro atoms. The van der Waals surface area contributed by atoms with Crippen molar-refractivity contribution in [2.45, 2.75) is 367 Å². The van der Waals surface area contributed by atoms with Gasteiger partial charge >= 0.3 is 17.9 Å². The molecule has 0 saturated carbocycles. The quantitative estimate of drug-likeness (QED) is 0.0261. The molecule has 0 aliphatic rings. The first-order chi connectivity index (χ1) is 40.5. The average Bonchev–Trinajstić information content (AvgIpc) is 3.47. The lowest BCUT2D eigenvalue weighted by molar-refractivity contribution is -0.167. The molecule has 0 aliphatic carbocycles. The predicted molar refractivity (Wildman–Crippen MR) is 358 cm³/mol. The molecule has 0 rings (SSSR count). The molecule has 0 bridgehead atoms. The summed E-state index contributed by atoms with van der Waals surface area (Å²) < 4.78 is 17.0. The molecule has 474 valence electrons. The molecule has 0 heterocycles. The first-order valence-corrected chi connectivity index (χ1v) is 35.6. The zero-order valence-corrected chi connectivity index (χ0v) is 54.5. The predicted octanol–water partition coefficient (Wildman–Crippen LogP) is 24.6. The van der Waals surface area contributed by atoms with Gasteiger partial charge in [0, 0.05) is 19.3 Å². The van der Waals surface area contributed by atoms with Crippen molar-refractivity contribution in [3.05, 3.63) is 85.1 Å². The van der Waals surface area contributed by atoms with Gasteiger partial charge in [0.05, 0.1) is 0 Å². The van der Waals surface area contributed by atoms with Gasteiger partial charge in [-0.05, 0) is 122 Å². The van der Waals surface area contributed by atoms with Crippen LogP contribution in [0.2, 0.25) is 0 Å². The standard InChI is InChI=1S/C76H134O6/c1-4-7-10-13-16-19-22-25-28-31-32-33-34-35-36-37-38-39-40-41-42-43-44-46-48-51-54-57-60-63-66-69-75(78)81-72-73(71-80-74(77)68-65-62-59-56-53-50-47-30-27-24-21-18-15-12-9-6-3)82-76(79)70-67-64-61-58-55-52-49-45-29-26-23-20-17-14-11-8-5-2/h17,20-22,24-26,29-32,34-35,47,73H,4-16,18-19,23,27-28,33,36-46,48-72H2,1-3H3/b20-17-,24-21-,25-22-,29-26-,32-31-,35-34-,47-30-. The van der Waals surface area contributed by atoms with Crippen LogP contribution in [0.15, 0.2) is 85.1 Å². The van der Waals surface area contributed by atoms with Crippen molar-refractivity contribution >= 4 is 17.9 Å². The van der Waals surface area contributed by atoms with E-state index in [1.807, 2.05) is 0 Å². The number of ether oxygens (including phenoxy) is 3. The van der Waals surface area contributed by atoms with Crippen molar-refractivity contribution in [2.75, 3.05) is 13.2 Å². The van der Waals surface area contributed by atoms with Gasteiger partial charge in [-0.25, -0.2) is 0 Å². The van der Waals surface area contributed by atoms with Crippen molar-refractivity contribution in [1.29, 1.82) is 0 Å². The molecule has 0 amide bonds. The normalized spacial score (nSPS) is 12.6. The van der Waals surface area contributed by atoms with Crippen LogP contribution in [0.1, 0.15) is 361 Å². The van der Waals surface area contributed by atoms with Crippen LogP contribution in [0.4, 0.5) is 0 Å². The molecule has 0 N–H and O–H groups in total. The van der Waals surface area contributed by atoms with E-state index in [4.69, 9.17) is 14.2 Å². The molecule has 0 saturated heterocycles. The van der Waals surface area contributed by atoms with Gasteiger partial charge in [0.25, 0.3) is 0 Å². The van der Waals surface area contributed by atoms with Crippen molar-refractivity contribution in [1.82, 2.24) is 0 Å². The third-order valence-electron chi connectivity index (χ3n) is 15.6. The van der Waals surface area contributed by atoms with E-state index in [2.05, 4.69) is 106 Å². The molecule has 1 atom stereocenters. The van der Waals surface area contributed by atoms with E-state index in [1.54, 1.807) is 0 Å². The van der Waals surface area contributed by atoms with Crippen LogP contribution in [-0.4, -0.2) is 37.2 Å². The second-order valence-electron chi connectivity index (χ2n) is 23.8. The van der Waals surface area contributed by atoms with Gasteiger partial charge in [-0.1, -0.05) is 305 Å². The molecule has 0 aromatic rings. The number of rotatable bonds is 65. The second-order valence-corrected chi connectivity index (χ2v) is 23.8. The fourth-order valence-electron chi connectivity index (χ4n) is 10.2. The van der Waals surface area contributed by atoms with Crippen LogP contribution < -0.4 is 0 Å². The van der Waals surface area contributed by atoms with E-state index >= 15 is 0 Å². The minimum Gasteiger partial charge on any atom is -0.462 e. The van der Waals surface area contributed by atoms with Gasteiger partial charge in [0.1, 0.15) is 13.2 Å². The summed E-state index contributed by atoms with van der Waals surface area (Å²) in [6.45, 7) is 6.61. The first kappa shape index (κ1) is 78.6. The van der Waals surface area contributed by atoms with E-state index in [9.17, 15) is 14.4 Å². The van der Waals surface area contributed by atoms with Gasteiger partial charge in [0.2, 0.25) is 0 Å². The van der Waals surface area contributed by atoms with Crippen LogP contribution in [0.5, 0.6) is 0 Å². The van der Waals surface area contributed by atoms with Crippen LogP contribution in [0, 0.1) is 0 Å². The summed E-state index contributed by atoms with van der Waals surface area (Å²) in [5, 5.41) is 0. The molecule has 0 aromatic heterocycles. The third kappa shape index (κ3) is 67.4. The molecule has 6 nitrogen and oxygen atoms in total. The Kier molecular flexibility index (Phi) is 67.2. The minimum atomic E-state index is -0.788. The van der Waals surface area contributed by atoms with Crippen molar-refractivity contribution in [3.8, 4) is 0 Å². The number of esters is 3. The van der Waals surface area contributed by atoms with Crippen molar-refractivity contribution in [3.63, 3.8) is 0 Å². The Morgan fingerprint density at radius 2 is 0.439 bits per heavy atom. The Hall–Kier alpha value is -3.41. The average molecular weight is 1140 g/mol. The summed E-state index contributed by atoms with van der Waals surface area (Å²) in [5.41, 5.74) is 0. The first-order valence-electron chi connectivity index (χ1n) is 35.6. The lowest BCUT2D eigenvalue weighted by Gasteiger charge is -2.18. The highest BCUT2D eigenvalue weighted by molar-refractivity contribution is 5.71. The molecular formula is C76H134O6. The highest BCUT2D eigenvalue weighted by atomic mass is 16.6. The summed E-state index contributed by atoms with van der Waals surface area (Å²) in [6.07, 6.45) is 93.2. The zero-order chi connectivity index (χ0) is 59.2.